The van der Waals surface area contributed by atoms with E-state index < -0.39 is 11.8 Å². The Kier molecular flexibility index (Phi) is 6.40. The maximum Gasteiger partial charge on any atom is 0.263 e. The van der Waals surface area contributed by atoms with Gasteiger partial charge in [0.1, 0.15) is 22.1 Å². The molecule has 0 saturated carbocycles. The Morgan fingerprint density at radius 2 is 1.97 bits per heavy atom. The lowest BCUT2D eigenvalue weighted by Gasteiger charge is -2.11. The van der Waals surface area contributed by atoms with E-state index in [2.05, 4.69) is 10.3 Å². The number of benzene rings is 1. The summed E-state index contributed by atoms with van der Waals surface area (Å²) in [5.41, 5.74) is 8.31. The number of ether oxygens (including phenoxy) is 1. The van der Waals surface area contributed by atoms with Gasteiger partial charge < -0.3 is 15.8 Å². The zero-order chi connectivity index (χ0) is 24.5. The number of anilines is 1. The summed E-state index contributed by atoms with van der Waals surface area (Å²) >= 11 is 2.78. The number of carbonyl (C=O) groups excluding carboxylic acids is 2. The van der Waals surface area contributed by atoms with Crippen LogP contribution in [0.3, 0.4) is 0 Å². The molecule has 0 fully saturated rings. The predicted molar refractivity (Wildman–Crippen MR) is 139 cm³/mol. The van der Waals surface area contributed by atoms with Crippen LogP contribution in [0.2, 0.25) is 0 Å². The van der Waals surface area contributed by atoms with Crippen molar-refractivity contribution in [3.63, 3.8) is 0 Å². The van der Waals surface area contributed by atoms with Crippen molar-refractivity contribution < 1.29 is 14.3 Å². The van der Waals surface area contributed by atoms with Crippen molar-refractivity contribution in [3.05, 3.63) is 62.3 Å². The molecule has 3 N–H and O–H groups in total. The number of primary amides is 1. The fourth-order valence-corrected chi connectivity index (χ4v) is 6.64. The monoisotopic (exact) mass is 508 g/mol. The lowest BCUT2D eigenvalue weighted by molar-refractivity contribution is -0.116. The van der Waals surface area contributed by atoms with Crippen molar-refractivity contribution in [2.45, 2.75) is 39.2 Å². The van der Waals surface area contributed by atoms with E-state index >= 15 is 0 Å². The van der Waals surface area contributed by atoms with E-state index in [4.69, 9.17) is 10.5 Å². The number of nitrogens with zero attached hydrogens (tertiary/aromatic N) is 2. The molecule has 1 aliphatic rings. The predicted octanol–water partition coefficient (Wildman–Crippen LogP) is 4.20. The van der Waals surface area contributed by atoms with Crippen LogP contribution in [0.1, 0.15) is 40.6 Å². The number of carbonyl (C=O) groups is 2. The first-order chi connectivity index (χ1) is 17.0. The first-order valence-electron chi connectivity index (χ1n) is 11.4. The molecule has 1 aliphatic carbocycles. The first-order valence-corrected chi connectivity index (χ1v) is 13.1. The van der Waals surface area contributed by atoms with Gasteiger partial charge in [0.2, 0.25) is 5.91 Å². The number of hydrogen-bond acceptors (Lipinski definition) is 7. The van der Waals surface area contributed by atoms with E-state index in [0.29, 0.717) is 27.4 Å². The van der Waals surface area contributed by atoms with Gasteiger partial charge in [-0.3, -0.25) is 19.0 Å². The molecule has 4 aromatic rings. The van der Waals surface area contributed by atoms with E-state index in [9.17, 15) is 14.4 Å². The van der Waals surface area contributed by atoms with Gasteiger partial charge in [0.15, 0.2) is 0 Å². The van der Waals surface area contributed by atoms with Gasteiger partial charge in [-0.2, -0.15) is 0 Å². The molecule has 10 heteroatoms. The van der Waals surface area contributed by atoms with Gasteiger partial charge in [-0.25, -0.2) is 4.98 Å². The zero-order valence-corrected chi connectivity index (χ0v) is 20.8. The number of fused-ring (bicyclic) bond motifs is 2. The molecular weight excluding hydrogens is 484 g/mol. The SMILES string of the molecule is CCOc1ccc(-c2csc3ncn(CC(=O)Nc4sc5c(c4C(N)=O)CCCC5)c(=O)c23)cc1. The summed E-state index contributed by atoms with van der Waals surface area (Å²) in [5, 5.41) is 5.64. The molecular formula is C25H24N4O4S2. The zero-order valence-electron chi connectivity index (χ0n) is 19.1. The van der Waals surface area contributed by atoms with Crippen LogP contribution in [-0.4, -0.2) is 28.0 Å². The third-order valence-corrected chi connectivity index (χ3v) is 8.12. The largest absolute Gasteiger partial charge is 0.494 e. The van der Waals surface area contributed by atoms with Crippen LogP contribution in [-0.2, 0) is 24.2 Å². The smallest absolute Gasteiger partial charge is 0.263 e. The van der Waals surface area contributed by atoms with Crippen molar-refractivity contribution in [3.8, 4) is 16.9 Å². The van der Waals surface area contributed by atoms with Crippen molar-refractivity contribution in [2.24, 2.45) is 5.73 Å². The van der Waals surface area contributed by atoms with Gasteiger partial charge >= 0.3 is 0 Å². The Bertz CT molecular complexity index is 1480. The topological polar surface area (TPSA) is 116 Å². The molecule has 5 rings (SSSR count). The summed E-state index contributed by atoms with van der Waals surface area (Å²) in [5.74, 6) is -0.195. The molecule has 0 saturated heterocycles. The standard InChI is InChI=1S/C25H24N4O4S2/c1-2-33-15-9-7-14(8-10-15)17-12-34-23-21(17)25(32)29(13-27-23)11-19(30)28-24-20(22(26)31)16-5-3-4-6-18(16)35-24/h7-10,12-13H,2-6,11H2,1H3,(H2,26,31)(H,28,30). The van der Waals surface area contributed by atoms with Crippen LogP contribution < -0.4 is 21.3 Å². The number of nitrogens with one attached hydrogen (secondary N) is 1. The number of thiophene rings is 2. The molecule has 0 bridgehead atoms. The van der Waals surface area contributed by atoms with Crippen LogP contribution in [0.4, 0.5) is 5.00 Å². The second kappa shape index (κ2) is 9.63. The highest BCUT2D eigenvalue weighted by atomic mass is 32.1. The lowest BCUT2D eigenvalue weighted by Crippen LogP contribution is -2.28. The molecule has 8 nitrogen and oxygen atoms in total. The summed E-state index contributed by atoms with van der Waals surface area (Å²) in [6, 6.07) is 7.53. The molecule has 0 atom stereocenters. The van der Waals surface area contributed by atoms with Crippen molar-refractivity contribution >= 4 is 49.7 Å². The second-order valence-electron chi connectivity index (χ2n) is 8.29. The third kappa shape index (κ3) is 4.46. The molecule has 35 heavy (non-hydrogen) atoms. The molecule has 0 radical (unpaired) electrons. The quantitative estimate of drug-likeness (QED) is 0.388. The van der Waals surface area contributed by atoms with Gasteiger partial charge in [-0.15, -0.1) is 22.7 Å². The minimum absolute atomic E-state index is 0.221. The highest BCUT2D eigenvalue weighted by Crippen LogP contribution is 2.38. The van der Waals surface area contributed by atoms with Gasteiger partial charge in [0.05, 0.1) is 23.9 Å². The Morgan fingerprint density at radius 3 is 2.71 bits per heavy atom. The van der Waals surface area contributed by atoms with E-state index in [1.165, 1.54) is 33.6 Å². The van der Waals surface area contributed by atoms with E-state index in [1.54, 1.807) is 0 Å². The number of amides is 2. The fraction of sp³-hybridized carbons (Fsp3) is 0.280. The normalized spacial score (nSPS) is 12.9. The Hall–Kier alpha value is -3.50. The van der Waals surface area contributed by atoms with E-state index in [-0.39, 0.29) is 12.1 Å². The number of rotatable bonds is 7. The molecule has 0 aliphatic heterocycles. The maximum absolute atomic E-state index is 13.3. The van der Waals surface area contributed by atoms with Crippen molar-refractivity contribution in [2.75, 3.05) is 11.9 Å². The van der Waals surface area contributed by atoms with Crippen LogP contribution in [0.25, 0.3) is 21.3 Å². The van der Waals surface area contributed by atoms with Crippen LogP contribution in [0.5, 0.6) is 5.75 Å². The van der Waals surface area contributed by atoms with Crippen molar-refractivity contribution in [1.29, 1.82) is 0 Å². The molecule has 3 aromatic heterocycles. The molecule has 0 spiro atoms. The van der Waals surface area contributed by atoms with E-state index in [1.807, 2.05) is 36.6 Å². The van der Waals surface area contributed by atoms with E-state index in [0.717, 1.165) is 53.0 Å². The number of aromatic nitrogens is 2. The molecule has 1 aromatic carbocycles. The maximum atomic E-state index is 13.3. The summed E-state index contributed by atoms with van der Waals surface area (Å²) in [6.07, 6.45) is 5.10. The number of aryl methyl sites for hydroxylation is 1. The highest BCUT2D eigenvalue weighted by molar-refractivity contribution is 7.17. The average Bonchev–Trinajstić information content (AvgIpc) is 3.43. The second-order valence-corrected chi connectivity index (χ2v) is 10.3. The fourth-order valence-electron chi connectivity index (χ4n) is 4.43. The average molecular weight is 509 g/mol. The summed E-state index contributed by atoms with van der Waals surface area (Å²) in [4.78, 5) is 44.4. The summed E-state index contributed by atoms with van der Waals surface area (Å²) in [7, 11) is 0. The number of nitrogens with two attached hydrogens (primary N) is 1. The molecule has 180 valence electrons. The number of hydrogen-bond donors (Lipinski definition) is 2. The van der Waals surface area contributed by atoms with Crippen LogP contribution in [0, 0.1) is 0 Å². The van der Waals surface area contributed by atoms with Crippen LogP contribution in [0.15, 0.2) is 40.8 Å². The lowest BCUT2D eigenvalue weighted by atomic mass is 9.95. The molecule has 2 amide bonds. The summed E-state index contributed by atoms with van der Waals surface area (Å²) < 4.78 is 6.79. The summed E-state index contributed by atoms with van der Waals surface area (Å²) in [6.45, 7) is 2.28. The Labute approximate surface area is 209 Å². The molecule has 3 heterocycles. The van der Waals surface area contributed by atoms with Gasteiger partial charge in [-0.05, 0) is 55.9 Å². The first kappa shape index (κ1) is 23.3. The van der Waals surface area contributed by atoms with Crippen LogP contribution >= 0.6 is 22.7 Å². The minimum atomic E-state index is -0.543. The minimum Gasteiger partial charge on any atom is -0.494 e. The Morgan fingerprint density at radius 1 is 1.20 bits per heavy atom. The van der Waals surface area contributed by atoms with Gasteiger partial charge in [0, 0.05) is 15.8 Å². The van der Waals surface area contributed by atoms with Gasteiger partial charge in [-0.1, -0.05) is 12.1 Å². The molecule has 0 unspecified atom stereocenters. The van der Waals surface area contributed by atoms with Gasteiger partial charge in [0.25, 0.3) is 11.5 Å². The highest BCUT2D eigenvalue weighted by Gasteiger charge is 2.25. The Balaban J connectivity index is 1.42. The van der Waals surface area contributed by atoms with Crippen molar-refractivity contribution in [1.82, 2.24) is 9.55 Å². The third-order valence-electron chi connectivity index (χ3n) is 6.02.